The lowest BCUT2D eigenvalue weighted by molar-refractivity contribution is -0.275. The third-order valence-electron chi connectivity index (χ3n) is 3.38. The summed E-state index contributed by atoms with van der Waals surface area (Å²) in [6.07, 6.45) is -4.62. The van der Waals surface area contributed by atoms with Crippen molar-refractivity contribution in [2.45, 2.75) is 18.8 Å². The van der Waals surface area contributed by atoms with E-state index in [0.29, 0.717) is 18.7 Å². The Labute approximate surface area is 121 Å². The summed E-state index contributed by atoms with van der Waals surface area (Å²) in [5.74, 6) is -0.233. The quantitative estimate of drug-likeness (QED) is 0.927. The average Bonchev–Trinajstić information content (AvgIpc) is 2.45. The first kappa shape index (κ1) is 15.6. The van der Waals surface area contributed by atoms with Crippen molar-refractivity contribution in [3.8, 4) is 11.8 Å². The lowest BCUT2D eigenvalue weighted by atomic mass is 10.0. The Kier molecular flexibility index (Phi) is 5.04. The predicted octanol–water partition coefficient (Wildman–Crippen LogP) is 2.45. The van der Waals surface area contributed by atoms with E-state index in [1.54, 1.807) is 12.1 Å². The van der Waals surface area contributed by atoms with Crippen LogP contribution in [0.25, 0.3) is 0 Å². The summed E-state index contributed by atoms with van der Waals surface area (Å²) in [5.41, 5.74) is 0.401. The van der Waals surface area contributed by atoms with Crippen molar-refractivity contribution < 1.29 is 17.9 Å². The number of benzene rings is 1. The second-order valence-corrected chi connectivity index (χ2v) is 4.75. The molecule has 4 nitrogen and oxygen atoms in total. The van der Waals surface area contributed by atoms with Crippen LogP contribution in [0, 0.1) is 11.3 Å². The molecule has 0 amide bonds. The van der Waals surface area contributed by atoms with E-state index in [1.165, 1.54) is 12.1 Å². The maximum absolute atomic E-state index is 12.5. The van der Waals surface area contributed by atoms with E-state index >= 15 is 0 Å². The van der Waals surface area contributed by atoms with E-state index in [0.717, 1.165) is 13.1 Å². The van der Waals surface area contributed by atoms with Gasteiger partial charge in [0.05, 0.1) is 18.5 Å². The molecule has 21 heavy (non-hydrogen) atoms. The topological polar surface area (TPSA) is 48.3 Å². The number of halogens is 3. The van der Waals surface area contributed by atoms with Gasteiger partial charge in [-0.3, -0.25) is 4.90 Å². The summed E-state index contributed by atoms with van der Waals surface area (Å²) >= 11 is 0. The molecule has 1 heterocycles. The van der Waals surface area contributed by atoms with Crippen LogP contribution >= 0.6 is 0 Å². The fourth-order valence-corrected chi connectivity index (χ4v) is 2.49. The van der Waals surface area contributed by atoms with Crippen molar-refractivity contribution in [3.05, 3.63) is 29.8 Å². The van der Waals surface area contributed by atoms with Crippen molar-refractivity contribution >= 4 is 0 Å². The number of nitrogens with one attached hydrogen (secondary N) is 1. The third kappa shape index (κ3) is 4.34. The Morgan fingerprint density at radius 3 is 2.57 bits per heavy atom. The zero-order chi connectivity index (χ0) is 15.3. The summed E-state index contributed by atoms with van der Waals surface area (Å²) in [4.78, 5) is 2.01. The molecule has 1 aliphatic heterocycles. The molecule has 1 aromatic rings. The fourth-order valence-electron chi connectivity index (χ4n) is 2.49. The molecule has 114 valence electrons. The van der Waals surface area contributed by atoms with Crippen LogP contribution in [0.4, 0.5) is 13.2 Å². The van der Waals surface area contributed by atoms with Gasteiger partial charge in [-0.2, -0.15) is 5.26 Å². The van der Waals surface area contributed by atoms with Crippen LogP contribution < -0.4 is 10.1 Å². The van der Waals surface area contributed by atoms with E-state index in [9.17, 15) is 13.2 Å². The molecular weight excluding hydrogens is 283 g/mol. The van der Waals surface area contributed by atoms with Gasteiger partial charge in [-0.15, -0.1) is 13.2 Å². The Hall–Kier alpha value is -1.78. The summed E-state index contributed by atoms with van der Waals surface area (Å²) in [6.45, 7) is 2.88. The molecule has 2 rings (SSSR count). The summed E-state index contributed by atoms with van der Waals surface area (Å²) in [7, 11) is 0. The second kappa shape index (κ2) is 6.78. The number of nitriles is 1. The molecular formula is C14H16F3N3O. The lowest BCUT2D eigenvalue weighted by Gasteiger charge is -2.34. The van der Waals surface area contributed by atoms with E-state index in [-0.39, 0.29) is 12.2 Å². The molecule has 1 atom stereocenters. The number of hydrogen-bond donors (Lipinski definition) is 1. The number of rotatable bonds is 4. The largest absolute Gasteiger partial charge is 0.573 e. The smallest absolute Gasteiger partial charge is 0.405 e. The molecule has 1 N–H and O–H groups in total. The standard InChI is InChI=1S/C14H16F3N3O/c15-14(16,17)21-13-4-2-1-3-11(13)12(5-6-18)20-9-7-19-8-10-20/h1-4,12,19H,5,7-10H2/t12-/m1/s1. The molecule has 1 aliphatic rings. The maximum Gasteiger partial charge on any atom is 0.573 e. The summed E-state index contributed by atoms with van der Waals surface area (Å²) in [6, 6.07) is 7.69. The Morgan fingerprint density at radius 1 is 1.29 bits per heavy atom. The van der Waals surface area contributed by atoms with E-state index < -0.39 is 12.4 Å². The van der Waals surface area contributed by atoms with Gasteiger partial charge in [0, 0.05) is 31.7 Å². The Bertz CT molecular complexity index is 507. The van der Waals surface area contributed by atoms with Crippen molar-refractivity contribution in [2.75, 3.05) is 26.2 Å². The first-order valence-electron chi connectivity index (χ1n) is 6.67. The SMILES string of the molecule is N#CC[C@H](c1ccccc1OC(F)(F)F)N1CCNCC1. The fraction of sp³-hybridized carbons (Fsp3) is 0.500. The molecule has 1 fully saturated rings. The van der Waals surface area contributed by atoms with E-state index in [1.807, 2.05) is 4.90 Å². The van der Waals surface area contributed by atoms with Crippen LogP contribution in [0.5, 0.6) is 5.75 Å². The normalized spacial score (nSPS) is 18.0. The van der Waals surface area contributed by atoms with Crippen LogP contribution in [-0.2, 0) is 0 Å². The lowest BCUT2D eigenvalue weighted by Crippen LogP contribution is -2.45. The van der Waals surface area contributed by atoms with Crippen LogP contribution in [0.3, 0.4) is 0 Å². The molecule has 0 aliphatic carbocycles. The highest BCUT2D eigenvalue weighted by molar-refractivity contribution is 5.36. The molecule has 0 bridgehead atoms. The van der Waals surface area contributed by atoms with Crippen LogP contribution in [0.2, 0.25) is 0 Å². The highest BCUT2D eigenvalue weighted by Gasteiger charge is 2.34. The van der Waals surface area contributed by atoms with Gasteiger partial charge in [0.25, 0.3) is 0 Å². The van der Waals surface area contributed by atoms with Gasteiger partial charge >= 0.3 is 6.36 Å². The number of para-hydroxylation sites is 1. The van der Waals surface area contributed by atoms with Gasteiger partial charge < -0.3 is 10.1 Å². The van der Waals surface area contributed by atoms with Gasteiger partial charge in [-0.25, -0.2) is 0 Å². The average molecular weight is 299 g/mol. The number of hydrogen-bond acceptors (Lipinski definition) is 4. The van der Waals surface area contributed by atoms with Gasteiger partial charge in [-0.1, -0.05) is 18.2 Å². The van der Waals surface area contributed by atoms with Crippen molar-refractivity contribution in [3.63, 3.8) is 0 Å². The minimum Gasteiger partial charge on any atom is -0.405 e. The van der Waals surface area contributed by atoms with Crippen LogP contribution in [0.1, 0.15) is 18.0 Å². The Balaban J connectivity index is 2.29. The number of nitrogens with zero attached hydrogens (tertiary/aromatic N) is 2. The molecule has 0 saturated carbocycles. The summed E-state index contributed by atoms with van der Waals surface area (Å²) in [5, 5.41) is 12.2. The van der Waals surface area contributed by atoms with Crippen LogP contribution in [-0.4, -0.2) is 37.4 Å². The molecule has 7 heteroatoms. The number of piperazine rings is 1. The molecule has 0 aromatic heterocycles. The first-order chi connectivity index (χ1) is 10.0. The van der Waals surface area contributed by atoms with Gasteiger partial charge in [0.1, 0.15) is 5.75 Å². The highest BCUT2D eigenvalue weighted by Crippen LogP contribution is 2.34. The molecule has 0 spiro atoms. The van der Waals surface area contributed by atoms with Crippen molar-refractivity contribution in [1.82, 2.24) is 10.2 Å². The van der Waals surface area contributed by atoms with Gasteiger partial charge in [0.2, 0.25) is 0 Å². The minimum atomic E-state index is -4.74. The number of ether oxygens (including phenoxy) is 1. The molecule has 0 radical (unpaired) electrons. The predicted molar refractivity (Wildman–Crippen MR) is 70.5 cm³/mol. The van der Waals surface area contributed by atoms with Crippen molar-refractivity contribution in [1.29, 1.82) is 5.26 Å². The highest BCUT2D eigenvalue weighted by atomic mass is 19.4. The number of alkyl halides is 3. The zero-order valence-corrected chi connectivity index (χ0v) is 11.4. The molecule has 0 unspecified atom stereocenters. The minimum absolute atomic E-state index is 0.123. The second-order valence-electron chi connectivity index (χ2n) is 4.75. The summed E-state index contributed by atoms with van der Waals surface area (Å²) < 4.78 is 41.6. The third-order valence-corrected chi connectivity index (χ3v) is 3.38. The Morgan fingerprint density at radius 2 is 1.95 bits per heavy atom. The van der Waals surface area contributed by atoms with Crippen LogP contribution in [0.15, 0.2) is 24.3 Å². The molecule has 1 aromatic carbocycles. The van der Waals surface area contributed by atoms with Crippen molar-refractivity contribution in [2.24, 2.45) is 0 Å². The molecule has 1 saturated heterocycles. The van der Waals surface area contributed by atoms with E-state index in [4.69, 9.17) is 5.26 Å². The first-order valence-corrected chi connectivity index (χ1v) is 6.67. The van der Waals surface area contributed by atoms with Gasteiger partial charge in [0.15, 0.2) is 0 Å². The van der Waals surface area contributed by atoms with Gasteiger partial charge in [-0.05, 0) is 6.07 Å². The monoisotopic (exact) mass is 299 g/mol. The zero-order valence-electron chi connectivity index (χ0n) is 11.4. The van der Waals surface area contributed by atoms with E-state index in [2.05, 4.69) is 16.1 Å². The maximum atomic E-state index is 12.5.